The lowest BCUT2D eigenvalue weighted by atomic mass is 9.44. The maximum absolute atomic E-state index is 12.8. The molecule has 1 aromatic heterocycles. The third-order valence-electron chi connectivity index (χ3n) is 5.78. The van der Waals surface area contributed by atoms with Crippen LogP contribution in [-0.2, 0) is 9.59 Å². The molecule has 4 aliphatic carbocycles. The van der Waals surface area contributed by atoms with Crippen molar-refractivity contribution in [3.8, 4) is 5.88 Å². The van der Waals surface area contributed by atoms with Gasteiger partial charge < -0.3 is 9.84 Å². The van der Waals surface area contributed by atoms with Gasteiger partial charge in [-0.15, -0.1) is 0 Å². The van der Waals surface area contributed by atoms with Crippen molar-refractivity contribution < 1.29 is 19.4 Å². The molecule has 5 rings (SSSR count). The molecular formula is C17H19NO4. The molecule has 0 aromatic carbocycles. The molecular weight excluding hydrogens is 282 g/mol. The number of carbonyl (C=O) groups is 2. The average Bonchev–Trinajstić information content (AvgIpc) is 2.46. The Morgan fingerprint density at radius 2 is 1.82 bits per heavy atom. The van der Waals surface area contributed by atoms with Gasteiger partial charge in [-0.1, -0.05) is 6.07 Å². The van der Waals surface area contributed by atoms with Crippen molar-refractivity contribution in [3.63, 3.8) is 0 Å². The van der Waals surface area contributed by atoms with E-state index in [2.05, 4.69) is 4.98 Å². The van der Waals surface area contributed by atoms with E-state index < -0.39 is 16.8 Å². The molecule has 4 fully saturated rings. The highest BCUT2D eigenvalue weighted by atomic mass is 16.5. The number of esters is 1. The Bertz CT molecular complexity index is 613. The van der Waals surface area contributed by atoms with Gasteiger partial charge in [0.2, 0.25) is 5.88 Å². The number of pyridine rings is 1. The van der Waals surface area contributed by atoms with Crippen LogP contribution >= 0.6 is 0 Å². The van der Waals surface area contributed by atoms with Crippen LogP contribution < -0.4 is 4.74 Å². The zero-order valence-corrected chi connectivity index (χ0v) is 12.3. The summed E-state index contributed by atoms with van der Waals surface area (Å²) < 4.78 is 5.48. The van der Waals surface area contributed by atoms with Gasteiger partial charge in [-0.2, -0.15) is 0 Å². The van der Waals surface area contributed by atoms with E-state index in [0.29, 0.717) is 24.1 Å². The fourth-order valence-corrected chi connectivity index (χ4v) is 5.36. The monoisotopic (exact) mass is 301 g/mol. The topological polar surface area (TPSA) is 76.5 Å². The zero-order chi connectivity index (χ0) is 15.4. The number of rotatable bonds is 3. The Hall–Kier alpha value is -1.91. The van der Waals surface area contributed by atoms with E-state index in [1.165, 1.54) is 0 Å². The Morgan fingerprint density at radius 3 is 2.41 bits per heavy atom. The highest BCUT2D eigenvalue weighted by molar-refractivity contribution is 5.83. The van der Waals surface area contributed by atoms with Crippen molar-refractivity contribution >= 4 is 11.9 Å². The second kappa shape index (κ2) is 4.54. The maximum atomic E-state index is 12.8. The number of ether oxygens (including phenoxy) is 1. The molecule has 5 heteroatoms. The first-order valence-corrected chi connectivity index (χ1v) is 7.88. The van der Waals surface area contributed by atoms with Gasteiger partial charge in [0, 0.05) is 12.3 Å². The van der Waals surface area contributed by atoms with Gasteiger partial charge in [0.25, 0.3) is 0 Å². The van der Waals surface area contributed by atoms with E-state index in [1.807, 2.05) is 0 Å². The predicted octanol–water partition coefficient (Wildman–Crippen LogP) is 2.66. The molecule has 2 unspecified atom stereocenters. The number of aliphatic carboxylic acids is 1. The van der Waals surface area contributed by atoms with E-state index in [9.17, 15) is 14.7 Å². The number of carbonyl (C=O) groups excluding carboxylic acids is 1. The molecule has 1 N–H and O–H groups in total. The molecule has 116 valence electrons. The van der Waals surface area contributed by atoms with Crippen LogP contribution in [-0.4, -0.2) is 22.0 Å². The largest absolute Gasteiger partial charge is 0.481 e. The predicted molar refractivity (Wildman–Crippen MR) is 77.1 cm³/mol. The fraction of sp³-hybridized carbons (Fsp3) is 0.588. The van der Waals surface area contributed by atoms with Crippen molar-refractivity contribution in [1.82, 2.24) is 4.98 Å². The minimum Gasteiger partial charge on any atom is -0.481 e. The minimum atomic E-state index is -0.739. The summed E-state index contributed by atoms with van der Waals surface area (Å²) in [5.41, 5.74) is -1.34. The van der Waals surface area contributed by atoms with Gasteiger partial charge in [-0.25, -0.2) is 4.98 Å². The van der Waals surface area contributed by atoms with Crippen LogP contribution in [0.3, 0.4) is 0 Å². The number of aromatic nitrogens is 1. The van der Waals surface area contributed by atoms with E-state index >= 15 is 0 Å². The number of hydrogen-bond donors (Lipinski definition) is 1. The standard InChI is InChI=1S/C17H19NO4/c19-14(20)16-6-11-5-12(7-16)9-17(8-11,10-16)15(21)22-13-3-1-2-4-18-13/h1-4,11-12H,5-10H2,(H,19,20). The third-order valence-corrected chi connectivity index (χ3v) is 5.78. The van der Waals surface area contributed by atoms with E-state index in [4.69, 9.17) is 4.74 Å². The fourth-order valence-electron chi connectivity index (χ4n) is 5.36. The summed E-state index contributed by atoms with van der Waals surface area (Å²) in [6, 6.07) is 5.20. The molecule has 0 aliphatic heterocycles. The van der Waals surface area contributed by atoms with Crippen molar-refractivity contribution in [2.75, 3.05) is 0 Å². The average molecular weight is 301 g/mol. The summed E-state index contributed by atoms with van der Waals surface area (Å²) in [5.74, 6) is -0.0441. The van der Waals surface area contributed by atoms with Crippen LogP contribution in [0.4, 0.5) is 0 Å². The molecule has 4 aliphatic rings. The van der Waals surface area contributed by atoms with Crippen LogP contribution in [0.2, 0.25) is 0 Å². The van der Waals surface area contributed by atoms with Gasteiger partial charge in [-0.3, -0.25) is 9.59 Å². The van der Waals surface area contributed by atoms with Crippen molar-refractivity contribution in [2.24, 2.45) is 22.7 Å². The third kappa shape index (κ3) is 1.95. The summed E-state index contributed by atoms with van der Waals surface area (Å²) >= 11 is 0. The number of carboxylic acids is 1. The molecule has 22 heavy (non-hydrogen) atoms. The molecule has 5 nitrogen and oxygen atoms in total. The molecule has 0 radical (unpaired) electrons. The smallest absolute Gasteiger partial charge is 0.318 e. The van der Waals surface area contributed by atoms with E-state index in [0.717, 1.165) is 32.1 Å². The van der Waals surface area contributed by atoms with Gasteiger partial charge in [0.15, 0.2) is 0 Å². The molecule has 0 amide bonds. The lowest BCUT2D eigenvalue weighted by Gasteiger charge is -2.58. The Labute approximate surface area is 128 Å². The molecule has 0 saturated heterocycles. The first-order chi connectivity index (χ1) is 10.5. The minimum absolute atomic E-state index is 0.286. The van der Waals surface area contributed by atoms with Crippen molar-refractivity contribution in [2.45, 2.75) is 38.5 Å². The Kier molecular flexibility index (Phi) is 2.83. The van der Waals surface area contributed by atoms with E-state index in [-0.39, 0.29) is 5.97 Å². The number of carboxylic acid groups (broad SMARTS) is 1. The highest BCUT2D eigenvalue weighted by Crippen LogP contribution is 2.65. The quantitative estimate of drug-likeness (QED) is 0.869. The molecule has 4 bridgehead atoms. The van der Waals surface area contributed by atoms with Gasteiger partial charge >= 0.3 is 11.9 Å². The SMILES string of the molecule is O=C(O)C12CC3CC(C1)CC(C(=O)Oc1ccccn1)(C3)C2. The number of nitrogens with zero attached hydrogens (tertiary/aromatic N) is 1. The molecule has 4 saturated carbocycles. The molecule has 0 spiro atoms. The second-order valence-corrected chi connectivity index (χ2v) is 7.38. The molecule has 2 atom stereocenters. The van der Waals surface area contributed by atoms with E-state index in [1.54, 1.807) is 24.4 Å². The Morgan fingerprint density at radius 1 is 1.14 bits per heavy atom. The van der Waals surface area contributed by atoms with Crippen LogP contribution in [0.25, 0.3) is 0 Å². The zero-order valence-electron chi connectivity index (χ0n) is 12.3. The lowest BCUT2D eigenvalue weighted by molar-refractivity contribution is -0.185. The Balaban J connectivity index is 1.63. The van der Waals surface area contributed by atoms with Crippen molar-refractivity contribution in [3.05, 3.63) is 24.4 Å². The van der Waals surface area contributed by atoms with Crippen LogP contribution in [0, 0.1) is 22.7 Å². The van der Waals surface area contributed by atoms with Gasteiger partial charge in [0.1, 0.15) is 0 Å². The first-order valence-electron chi connectivity index (χ1n) is 7.88. The highest BCUT2D eigenvalue weighted by Gasteiger charge is 2.64. The summed E-state index contributed by atoms with van der Waals surface area (Å²) in [4.78, 5) is 28.6. The maximum Gasteiger partial charge on any atom is 0.318 e. The number of hydrogen-bond acceptors (Lipinski definition) is 4. The van der Waals surface area contributed by atoms with Crippen LogP contribution in [0.15, 0.2) is 24.4 Å². The summed E-state index contributed by atoms with van der Waals surface area (Å²) in [5, 5.41) is 9.70. The summed E-state index contributed by atoms with van der Waals surface area (Å²) in [6.07, 6.45) is 6.05. The van der Waals surface area contributed by atoms with Crippen LogP contribution in [0.5, 0.6) is 5.88 Å². The molecule has 1 heterocycles. The summed E-state index contributed by atoms with van der Waals surface area (Å²) in [6.45, 7) is 0. The summed E-state index contributed by atoms with van der Waals surface area (Å²) in [7, 11) is 0. The van der Waals surface area contributed by atoms with Gasteiger partial charge in [0.05, 0.1) is 10.8 Å². The normalized spacial score (nSPS) is 38.7. The van der Waals surface area contributed by atoms with Gasteiger partial charge in [-0.05, 0) is 56.4 Å². The second-order valence-electron chi connectivity index (χ2n) is 7.38. The molecule has 1 aromatic rings. The lowest BCUT2D eigenvalue weighted by Crippen LogP contribution is -2.58. The van der Waals surface area contributed by atoms with Crippen LogP contribution in [0.1, 0.15) is 38.5 Å². The van der Waals surface area contributed by atoms with Crippen molar-refractivity contribution in [1.29, 1.82) is 0 Å². The first kappa shape index (κ1) is 13.7.